The molecule has 3 atom stereocenters. The van der Waals surface area contributed by atoms with E-state index < -0.39 is 23.3 Å². The predicted molar refractivity (Wildman–Crippen MR) is 111 cm³/mol. The number of nitrogens with one attached hydrogen (secondary N) is 1. The second-order valence-electron chi connectivity index (χ2n) is 8.06. The number of ketones is 2. The Morgan fingerprint density at radius 1 is 1.10 bits per heavy atom. The number of carbonyl (C=O) groups excluding carboxylic acids is 2. The minimum absolute atomic E-state index is 0.0883. The van der Waals surface area contributed by atoms with E-state index in [9.17, 15) is 19.1 Å². The van der Waals surface area contributed by atoms with Gasteiger partial charge in [-0.3, -0.25) is 9.59 Å². The quantitative estimate of drug-likeness (QED) is 0.780. The first-order chi connectivity index (χ1) is 13.6. The minimum atomic E-state index is -1.44. The van der Waals surface area contributed by atoms with Crippen molar-refractivity contribution in [1.29, 1.82) is 0 Å². The molecule has 3 rings (SSSR count). The van der Waals surface area contributed by atoms with Crippen molar-refractivity contribution in [2.24, 2.45) is 5.92 Å². The molecule has 0 fully saturated rings. The summed E-state index contributed by atoms with van der Waals surface area (Å²) in [6.07, 6.45) is 0.0883. The van der Waals surface area contributed by atoms with Gasteiger partial charge in [-0.1, -0.05) is 35.9 Å². The molecule has 2 aromatic carbocycles. The van der Waals surface area contributed by atoms with E-state index in [0.717, 1.165) is 11.3 Å². The van der Waals surface area contributed by atoms with E-state index in [1.807, 2.05) is 31.2 Å². The van der Waals surface area contributed by atoms with Gasteiger partial charge >= 0.3 is 0 Å². The van der Waals surface area contributed by atoms with Gasteiger partial charge in [0.2, 0.25) is 0 Å². The highest BCUT2D eigenvalue weighted by Crippen LogP contribution is 2.48. The summed E-state index contributed by atoms with van der Waals surface area (Å²) in [6.45, 7) is 6.34. The van der Waals surface area contributed by atoms with Gasteiger partial charge in [0.1, 0.15) is 11.6 Å². The number of halogens is 1. The van der Waals surface area contributed by atoms with Crippen LogP contribution >= 0.6 is 0 Å². The molecule has 0 radical (unpaired) electrons. The van der Waals surface area contributed by atoms with Crippen molar-refractivity contribution in [3.05, 3.63) is 76.7 Å². The molecule has 1 aliphatic carbocycles. The van der Waals surface area contributed by atoms with Crippen LogP contribution in [0.2, 0.25) is 0 Å². The van der Waals surface area contributed by atoms with Gasteiger partial charge in [0.05, 0.1) is 11.5 Å². The first kappa shape index (κ1) is 20.9. The summed E-state index contributed by atoms with van der Waals surface area (Å²) in [6, 6.07) is 13.7. The number of carbonyl (C=O) groups is 2. The van der Waals surface area contributed by atoms with Crippen LogP contribution in [0.25, 0.3) is 0 Å². The zero-order valence-corrected chi connectivity index (χ0v) is 17.1. The molecule has 0 unspecified atom stereocenters. The summed E-state index contributed by atoms with van der Waals surface area (Å²) >= 11 is 0. The van der Waals surface area contributed by atoms with Crippen LogP contribution in [0.15, 0.2) is 59.8 Å². The molecule has 4 nitrogen and oxygen atoms in total. The highest BCUT2D eigenvalue weighted by molar-refractivity contribution is 5.98. The molecule has 2 aromatic rings. The molecule has 0 bridgehead atoms. The van der Waals surface area contributed by atoms with Crippen LogP contribution in [0.1, 0.15) is 44.2 Å². The molecule has 152 valence electrons. The molecule has 0 spiro atoms. The highest BCUT2D eigenvalue weighted by Gasteiger charge is 2.49. The van der Waals surface area contributed by atoms with E-state index in [0.29, 0.717) is 11.3 Å². The molecule has 2 N–H and O–H groups in total. The molecule has 0 aromatic heterocycles. The third kappa shape index (κ3) is 4.15. The van der Waals surface area contributed by atoms with Crippen molar-refractivity contribution >= 4 is 17.3 Å². The first-order valence-corrected chi connectivity index (χ1v) is 9.66. The fourth-order valence-electron chi connectivity index (χ4n) is 4.37. The summed E-state index contributed by atoms with van der Waals surface area (Å²) < 4.78 is 14.8. The van der Waals surface area contributed by atoms with Gasteiger partial charge < -0.3 is 10.4 Å². The Labute approximate surface area is 170 Å². The molecular formula is C24H26FNO3. The molecular weight excluding hydrogens is 369 g/mol. The number of Topliss-reactive ketones (excluding diaryl/α,β-unsaturated/α-hetero) is 2. The van der Waals surface area contributed by atoms with Crippen LogP contribution in [0.3, 0.4) is 0 Å². The number of aryl methyl sites for hydroxylation is 1. The van der Waals surface area contributed by atoms with Crippen molar-refractivity contribution in [3.63, 3.8) is 0 Å². The monoisotopic (exact) mass is 395 g/mol. The van der Waals surface area contributed by atoms with Crippen LogP contribution in [0.4, 0.5) is 10.1 Å². The number of aliphatic hydroxyl groups is 1. The molecule has 0 saturated heterocycles. The van der Waals surface area contributed by atoms with E-state index >= 15 is 0 Å². The van der Waals surface area contributed by atoms with Gasteiger partial charge in [-0.15, -0.1) is 0 Å². The first-order valence-electron chi connectivity index (χ1n) is 9.66. The van der Waals surface area contributed by atoms with E-state index in [1.165, 1.54) is 19.9 Å². The summed E-state index contributed by atoms with van der Waals surface area (Å²) in [4.78, 5) is 25.3. The van der Waals surface area contributed by atoms with Crippen molar-refractivity contribution in [1.82, 2.24) is 0 Å². The van der Waals surface area contributed by atoms with Crippen molar-refractivity contribution in [2.75, 3.05) is 5.32 Å². The standard InChI is InChI=1S/C24H26FNO3/c1-14-9-11-17(12-10-14)26-20-13-24(4,29)23(16(3)28)22(21(20)15(2)27)18-7-5-6-8-19(18)25/h5-12,22-23,26,29H,13H2,1-4H3/t22-,23+,24+/m1/s1. The minimum Gasteiger partial charge on any atom is -0.389 e. The smallest absolute Gasteiger partial charge is 0.158 e. The maximum absolute atomic E-state index is 14.8. The third-order valence-corrected chi connectivity index (χ3v) is 5.58. The van der Waals surface area contributed by atoms with Gasteiger partial charge in [0.25, 0.3) is 0 Å². The average Bonchev–Trinajstić information content (AvgIpc) is 2.62. The van der Waals surface area contributed by atoms with E-state index in [1.54, 1.807) is 25.1 Å². The Kier molecular flexibility index (Phi) is 5.71. The summed E-state index contributed by atoms with van der Waals surface area (Å²) in [5, 5.41) is 14.4. The predicted octanol–water partition coefficient (Wildman–Crippen LogP) is 4.53. The number of rotatable bonds is 5. The normalized spacial score (nSPS) is 24.3. The third-order valence-electron chi connectivity index (χ3n) is 5.58. The maximum atomic E-state index is 14.8. The highest BCUT2D eigenvalue weighted by atomic mass is 19.1. The second kappa shape index (κ2) is 7.91. The number of hydrogen-bond donors (Lipinski definition) is 2. The second-order valence-corrected chi connectivity index (χ2v) is 8.06. The topological polar surface area (TPSA) is 66.4 Å². The van der Waals surface area contributed by atoms with Crippen molar-refractivity contribution in [2.45, 2.75) is 45.6 Å². The lowest BCUT2D eigenvalue weighted by molar-refractivity contribution is -0.131. The Bertz CT molecular complexity index is 976. The number of allylic oxidation sites excluding steroid dienone is 1. The molecule has 0 aliphatic heterocycles. The van der Waals surface area contributed by atoms with Gasteiger partial charge in [-0.25, -0.2) is 4.39 Å². The lowest BCUT2D eigenvalue weighted by Crippen LogP contribution is -2.48. The number of hydrogen-bond acceptors (Lipinski definition) is 4. The Hall–Kier alpha value is -2.79. The van der Waals surface area contributed by atoms with Gasteiger partial charge in [-0.05, 0) is 51.5 Å². The lowest BCUT2D eigenvalue weighted by atomic mass is 9.63. The van der Waals surface area contributed by atoms with E-state index in [-0.39, 0.29) is 23.6 Å². The summed E-state index contributed by atoms with van der Waals surface area (Å²) in [7, 11) is 0. The number of anilines is 1. The molecule has 5 heteroatoms. The van der Waals surface area contributed by atoms with Crippen LogP contribution in [-0.4, -0.2) is 22.3 Å². The van der Waals surface area contributed by atoms with Gasteiger partial charge in [0, 0.05) is 29.3 Å². The molecule has 0 saturated carbocycles. The molecule has 0 amide bonds. The van der Waals surface area contributed by atoms with Crippen LogP contribution in [0.5, 0.6) is 0 Å². The SMILES string of the molecule is CC(=O)C1=C(Nc2ccc(C)cc2)C[C@](C)(O)[C@@H](C(C)=O)[C@@H]1c1ccccc1F. The fraction of sp³-hybridized carbons (Fsp3) is 0.333. The zero-order chi connectivity index (χ0) is 21.3. The van der Waals surface area contributed by atoms with Crippen molar-refractivity contribution < 1.29 is 19.1 Å². The number of benzene rings is 2. The maximum Gasteiger partial charge on any atom is 0.158 e. The molecule has 0 heterocycles. The summed E-state index contributed by atoms with van der Waals surface area (Å²) in [5.41, 5.74) is 1.49. The van der Waals surface area contributed by atoms with Gasteiger partial charge in [0.15, 0.2) is 5.78 Å². The van der Waals surface area contributed by atoms with E-state index in [2.05, 4.69) is 5.32 Å². The summed E-state index contributed by atoms with van der Waals surface area (Å²) in [5.74, 6) is -2.84. The van der Waals surface area contributed by atoms with Crippen LogP contribution in [-0.2, 0) is 9.59 Å². The Morgan fingerprint density at radius 2 is 1.72 bits per heavy atom. The Morgan fingerprint density at radius 3 is 2.28 bits per heavy atom. The van der Waals surface area contributed by atoms with Crippen molar-refractivity contribution in [3.8, 4) is 0 Å². The zero-order valence-electron chi connectivity index (χ0n) is 17.1. The lowest BCUT2D eigenvalue weighted by Gasteiger charge is -2.43. The Balaban J connectivity index is 2.23. The van der Waals surface area contributed by atoms with Crippen LogP contribution < -0.4 is 5.32 Å². The van der Waals surface area contributed by atoms with Gasteiger partial charge in [-0.2, -0.15) is 0 Å². The largest absolute Gasteiger partial charge is 0.389 e. The van der Waals surface area contributed by atoms with Crippen LogP contribution in [0, 0.1) is 18.7 Å². The molecule has 29 heavy (non-hydrogen) atoms. The fourth-order valence-corrected chi connectivity index (χ4v) is 4.37. The molecule has 1 aliphatic rings. The average molecular weight is 395 g/mol. The van der Waals surface area contributed by atoms with E-state index in [4.69, 9.17) is 0 Å².